The normalized spacial score (nSPS) is 13.1. The molecule has 0 aliphatic heterocycles. The summed E-state index contributed by atoms with van der Waals surface area (Å²) in [6.07, 6.45) is 2.15. The molecule has 1 aromatic heterocycles. The molecule has 0 atom stereocenters. The van der Waals surface area contributed by atoms with Crippen LogP contribution in [0, 0.1) is 18.7 Å². The largest absolute Gasteiger partial charge is 0.464 e. The Bertz CT molecular complexity index is 927. The van der Waals surface area contributed by atoms with Crippen molar-refractivity contribution < 1.29 is 23.5 Å². The van der Waals surface area contributed by atoms with Crippen LogP contribution in [0.4, 0.5) is 9.39 Å². The van der Waals surface area contributed by atoms with Crippen LogP contribution in [0.2, 0.25) is 5.02 Å². The molecule has 6 nitrogen and oxygen atoms in total. The first-order valence-electron chi connectivity index (χ1n) is 8.64. The van der Waals surface area contributed by atoms with Crippen molar-refractivity contribution >= 4 is 45.7 Å². The van der Waals surface area contributed by atoms with Crippen molar-refractivity contribution in [1.29, 1.82) is 0 Å². The first-order chi connectivity index (χ1) is 13.3. The van der Waals surface area contributed by atoms with Gasteiger partial charge in [-0.2, -0.15) is 0 Å². The standard InChI is InChI=1S/C19H18ClFN2O4S/c1-10-6-15(23-18(25)13-5-4-12(21)7-14(13)20)28-17(10)19(26)22-8-16(24)27-9-11-2-3-11/h4-7,11H,2-3,8-9H2,1H3,(H,22,26)(H,23,25). The van der Waals surface area contributed by atoms with E-state index in [-0.39, 0.29) is 17.1 Å². The van der Waals surface area contributed by atoms with Gasteiger partial charge in [-0.15, -0.1) is 11.3 Å². The summed E-state index contributed by atoms with van der Waals surface area (Å²) in [4.78, 5) is 36.6. The topological polar surface area (TPSA) is 84.5 Å². The molecule has 2 N–H and O–H groups in total. The molecule has 1 heterocycles. The van der Waals surface area contributed by atoms with Crippen molar-refractivity contribution in [2.24, 2.45) is 5.92 Å². The van der Waals surface area contributed by atoms with E-state index in [1.54, 1.807) is 13.0 Å². The lowest BCUT2D eigenvalue weighted by Gasteiger charge is -2.05. The molecule has 2 amide bonds. The van der Waals surface area contributed by atoms with Crippen molar-refractivity contribution in [3.05, 3.63) is 51.1 Å². The number of anilines is 1. The maximum atomic E-state index is 13.1. The van der Waals surface area contributed by atoms with E-state index in [0.717, 1.165) is 36.3 Å². The van der Waals surface area contributed by atoms with Crippen LogP contribution >= 0.6 is 22.9 Å². The molecule has 0 radical (unpaired) electrons. The van der Waals surface area contributed by atoms with Crippen molar-refractivity contribution in [3.8, 4) is 0 Å². The van der Waals surface area contributed by atoms with E-state index in [0.29, 0.717) is 28.0 Å². The van der Waals surface area contributed by atoms with Crippen LogP contribution in [-0.2, 0) is 9.53 Å². The van der Waals surface area contributed by atoms with Gasteiger partial charge in [0.2, 0.25) is 0 Å². The predicted octanol–water partition coefficient (Wildman–Crippen LogP) is 3.78. The number of esters is 1. The van der Waals surface area contributed by atoms with Crippen molar-refractivity contribution in [3.63, 3.8) is 0 Å². The van der Waals surface area contributed by atoms with Gasteiger partial charge in [0.05, 0.1) is 27.1 Å². The summed E-state index contributed by atoms with van der Waals surface area (Å²) in [7, 11) is 0. The molecule has 0 unspecified atom stereocenters. The molecule has 3 rings (SSSR count). The maximum Gasteiger partial charge on any atom is 0.325 e. The van der Waals surface area contributed by atoms with Gasteiger partial charge in [0.1, 0.15) is 12.4 Å². The van der Waals surface area contributed by atoms with Crippen LogP contribution in [-0.4, -0.2) is 30.9 Å². The second kappa shape index (κ2) is 8.70. The van der Waals surface area contributed by atoms with Crippen molar-refractivity contribution in [2.75, 3.05) is 18.5 Å². The fraction of sp³-hybridized carbons (Fsp3) is 0.316. The Kier molecular flexibility index (Phi) is 6.31. The minimum atomic E-state index is -0.539. The highest BCUT2D eigenvalue weighted by atomic mass is 35.5. The summed E-state index contributed by atoms with van der Waals surface area (Å²) < 4.78 is 18.2. The summed E-state index contributed by atoms with van der Waals surface area (Å²) in [5.74, 6) is -1.50. The van der Waals surface area contributed by atoms with Gasteiger partial charge in [0, 0.05) is 0 Å². The quantitative estimate of drug-likeness (QED) is 0.662. The highest BCUT2D eigenvalue weighted by molar-refractivity contribution is 7.18. The molecule has 28 heavy (non-hydrogen) atoms. The second-order valence-corrected chi connectivity index (χ2v) is 7.97. The molecular weight excluding hydrogens is 407 g/mol. The fourth-order valence-corrected chi connectivity index (χ4v) is 3.64. The van der Waals surface area contributed by atoms with E-state index < -0.39 is 23.6 Å². The van der Waals surface area contributed by atoms with E-state index >= 15 is 0 Å². The lowest BCUT2D eigenvalue weighted by molar-refractivity contribution is -0.142. The van der Waals surface area contributed by atoms with Gasteiger partial charge in [-0.1, -0.05) is 11.6 Å². The van der Waals surface area contributed by atoms with E-state index in [1.165, 1.54) is 6.07 Å². The number of halogens is 2. The predicted molar refractivity (Wildman–Crippen MR) is 104 cm³/mol. The lowest BCUT2D eigenvalue weighted by atomic mass is 10.2. The van der Waals surface area contributed by atoms with Gasteiger partial charge >= 0.3 is 5.97 Å². The number of benzene rings is 1. The van der Waals surface area contributed by atoms with Gasteiger partial charge in [-0.3, -0.25) is 14.4 Å². The monoisotopic (exact) mass is 424 g/mol. The van der Waals surface area contributed by atoms with Gasteiger partial charge in [0.25, 0.3) is 11.8 Å². The zero-order valence-corrected chi connectivity index (χ0v) is 16.6. The van der Waals surface area contributed by atoms with Crippen LogP contribution in [0.3, 0.4) is 0 Å². The molecule has 0 bridgehead atoms. The summed E-state index contributed by atoms with van der Waals surface area (Å²) >= 11 is 6.96. The molecule has 9 heteroatoms. The number of nitrogens with one attached hydrogen (secondary N) is 2. The Morgan fingerprint density at radius 2 is 2.00 bits per heavy atom. The van der Waals surface area contributed by atoms with Crippen LogP contribution in [0.15, 0.2) is 24.3 Å². The van der Waals surface area contributed by atoms with E-state index in [9.17, 15) is 18.8 Å². The Balaban J connectivity index is 1.57. The summed E-state index contributed by atoms with van der Waals surface area (Å²) in [5.41, 5.74) is 0.771. The Morgan fingerprint density at radius 3 is 2.68 bits per heavy atom. The average Bonchev–Trinajstić information content (AvgIpc) is 3.39. The third-order valence-corrected chi connectivity index (χ3v) is 5.57. The van der Waals surface area contributed by atoms with Gasteiger partial charge in [-0.05, 0) is 55.5 Å². The molecule has 2 aromatic rings. The molecule has 1 saturated carbocycles. The van der Waals surface area contributed by atoms with E-state index in [2.05, 4.69) is 10.6 Å². The van der Waals surface area contributed by atoms with Crippen LogP contribution in [0.1, 0.15) is 38.4 Å². The number of thiophene rings is 1. The second-order valence-electron chi connectivity index (χ2n) is 6.51. The SMILES string of the molecule is Cc1cc(NC(=O)c2ccc(F)cc2Cl)sc1C(=O)NCC(=O)OCC1CC1. The maximum absolute atomic E-state index is 13.1. The third kappa shape index (κ3) is 5.30. The Labute approximate surface area is 170 Å². The van der Waals surface area contributed by atoms with Gasteiger partial charge in [-0.25, -0.2) is 4.39 Å². The lowest BCUT2D eigenvalue weighted by Crippen LogP contribution is -2.30. The minimum absolute atomic E-state index is 0.00606. The molecule has 1 aliphatic rings. The number of hydrogen-bond acceptors (Lipinski definition) is 5. The summed E-state index contributed by atoms with van der Waals surface area (Å²) in [6.45, 7) is 1.90. The van der Waals surface area contributed by atoms with E-state index in [1.807, 2.05) is 0 Å². The molecule has 0 saturated heterocycles. The molecule has 0 spiro atoms. The van der Waals surface area contributed by atoms with Crippen molar-refractivity contribution in [1.82, 2.24) is 5.32 Å². The minimum Gasteiger partial charge on any atom is -0.464 e. The Morgan fingerprint density at radius 1 is 1.25 bits per heavy atom. The molecular formula is C19H18ClFN2O4S. The van der Waals surface area contributed by atoms with Crippen LogP contribution in [0.5, 0.6) is 0 Å². The smallest absolute Gasteiger partial charge is 0.325 e. The first-order valence-corrected chi connectivity index (χ1v) is 9.83. The third-order valence-electron chi connectivity index (χ3n) is 4.11. The van der Waals surface area contributed by atoms with Crippen LogP contribution in [0.25, 0.3) is 0 Å². The summed E-state index contributed by atoms with van der Waals surface area (Å²) in [5, 5.41) is 5.59. The zero-order chi connectivity index (χ0) is 20.3. The first kappa shape index (κ1) is 20.3. The zero-order valence-electron chi connectivity index (χ0n) is 15.0. The van der Waals surface area contributed by atoms with Gasteiger partial charge < -0.3 is 15.4 Å². The molecule has 1 fully saturated rings. The highest BCUT2D eigenvalue weighted by Crippen LogP contribution is 2.29. The molecule has 148 valence electrons. The number of ether oxygens (including phenoxy) is 1. The fourth-order valence-electron chi connectivity index (χ4n) is 2.40. The number of aryl methyl sites for hydroxylation is 1. The van der Waals surface area contributed by atoms with Crippen LogP contribution < -0.4 is 10.6 Å². The number of carbonyl (C=O) groups is 3. The van der Waals surface area contributed by atoms with Crippen molar-refractivity contribution in [2.45, 2.75) is 19.8 Å². The molecule has 1 aliphatic carbocycles. The number of rotatable bonds is 7. The average molecular weight is 425 g/mol. The highest BCUT2D eigenvalue weighted by Gasteiger charge is 2.23. The van der Waals surface area contributed by atoms with Gasteiger partial charge in [0.15, 0.2) is 0 Å². The number of hydrogen-bond donors (Lipinski definition) is 2. The molecule has 1 aromatic carbocycles. The van der Waals surface area contributed by atoms with E-state index in [4.69, 9.17) is 16.3 Å². The summed E-state index contributed by atoms with van der Waals surface area (Å²) in [6, 6.07) is 5.12. The number of amides is 2. The Hall–Kier alpha value is -2.45. The number of carbonyl (C=O) groups excluding carboxylic acids is 3.